The van der Waals surface area contributed by atoms with E-state index in [1.165, 1.54) is 0 Å². The van der Waals surface area contributed by atoms with Crippen molar-refractivity contribution in [3.63, 3.8) is 0 Å². The number of hydrogen-bond donors (Lipinski definition) is 1. The van der Waals surface area contributed by atoms with Crippen LogP contribution in [0.2, 0.25) is 0 Å². The van der Waals surface area contributed by atoms with E-state index in [9.17, 15) is 9.90 Å². The van der Waals surface area contributed by atoms with Crippen LogP contribution in [-0.4, -0.2) is 9.67 Å². The Labute approximate surface area is 138 Å². The fourth-order valence-electron chi connectivity index (χ4n) is 2.95. The molecule has 2 aromatic heterocycles. The van der Waals surface area contributed by atoms with E-state index in [0.29, 0.717) is 12.1 Å². The normalized spacial score (nSPS) is 11.0. The van der Waals surface area contributed by atoms with Crippen LogP contribution in [0.3, 0.4) is 0 Å². The summed E-state index contributed by atoms with van der Waals surface area (Å²) in [6, 6.07) is 18.3. The summed E-state index contributed by atoms with van der Waals surface area (Å²) >= 11 is 0. The molecule has 0 unspecified atom stereocenters. The molecule has 4 nitrogen and oxygen atoms in total. The van der Waals surface area contributed by atoms with Crippen molar-refractivity contribution in [2.45, 2.75) is 6.54 Å². The Hall–Kier alpha value is -3.27. The second-order valence-corrected chi connectivity index (χ2v) is 5.68. The van der Waals surface area contributed by atoms with E-state index in [4.69, 9.17) is 4.42 Å². The average molecular weight is 317 g/mol. The quantitative estimate of drug-likeness (QED) is 0.621. The van der Waals surface area contributed by atoms with Crippen LogP contribution >= 0.6 is 0 Å². The van der Waals surface area contributed by atoms with Gasteiger partial charge in [-0.25, -0.2) is 0 Å². The minimum atomic E-state index is -0.117. The van der Waals surface area contributed by atoms with Crippen molar-refractivity contribution in [2.24, 2.45) is 0 Å². The molecule has 2 heterocycles. The van der Waals surface area contributed by atoms with Crippen LogP contribution in [0, 0.1) is 0 Å². The molecule has 0 radical (unpaired) electrons. The zero-order valence-electron chi connectivity index (χ0n) is 12.8. The van der Waals surface area contributed by atoms with E-state index in [-0.39, 0.29) is 11.3 Å². The Balaban J connectivity index is 1.98. The maximum absolute atomic E-state index is 12.7. The molecule has 118 valence electrons. The van der Waals surface area contributed by atoms with Crippen molar-refractivity contribution in [3.05, 3.63) is 89.1 Å². The molecule has 0 aliphatic rings. The van der Waals surface area contributed by atoms with Crippen LogP contribution in [0.1, 0.15) is 5.56 Å². The van der Waals surface area contributed by atoms with E-state index >= 15 is 0 Å². The van der Waals surface area contributed by atoms with E-state index in [1.807, 2.05) is 42.5 Å². The first-order valence-corrected chi connectivity index (χ1v) is 7.65. The van der Waals surface area contributed by atoms with Gasteiger partial charge in [0.05, 0.1) is 24.6 Å². The summed E-state index contributed by atoms with van der Waals surface area (Å²) in [4.78, 5) is 12.7. The van der Waals surface area contributed by atoms with Crippen LogP contribution in [0.25, 0.3) is 22.0 Å². The Morgan fingerprint density at radius 1 is 1.00 bits per heavy atom. The number of pyridine rings is 1. The summed E-state index contributed by atoms with van der Waals surface area (Å²) < 4.78 is 6.82. The van der Waals surface area contributed by atoms with Gasteiger partial charge < -0.3 is 14.1 Å². The molecule has 0 atom stereocenters. The number of hydrogen-bond acceptors (Lipinski definition) is 3. The highest BCUT2D eigenvalue weighted by atomic mass is 16.3. The Kier molecular flexibility index (Phi) is 3.43. The maximum atomic E-state index is 12.7. The molecule has 1 N–H and O–H groups in total. The molecule has 24 heavy (non-hydrogen) atoms. The Morgan fingerprint density at radius 3 is 2.58 bits per heavy atom. The third-order valence-electron chi connectivity index (χ3n) is 4.11. The molecular formula is C20H15NO3. The second kappa shape index (κ2) is 5.74. The molecule has 0 spiro atoms. The van der Waals surface area contributed by atoms with Gasteiger partial charge in [-0.3, -0.25) is 4.79 Å². The minimum Gasteiger partial charge on any atom is -0.508 e. The smallest absolute Gasteiger partial charge is 0.251 e. The van der Waals surface area contributed by atoms with Crippen molar-refractivity contribution < 1.29 is 9.52 Å². The van der Waals surface area contributed by atoms with Crippen molar-refractivity contribution >= 4 is 10.9 Å². The molecule has 4 rings (SSSR count). The van der Waals surface area contributed by atoms with Gasteiger partial charge in [0.25, 0.3) is 5.56 Å². The molecule has 2 aromatic carbocycles. The standard InChI is InChI=1S/C20H15NO3/c22-16-6-7-17-18(15-8-9-24-13-15)11-20(23)21(19(17)10-16)12-14-4-2-1-3-5-14/h1-11,13,22H,12H2. The van der Waals surface area contributed by atoms with Crippen LogP contribution in [0.15, 0.2) is 82.4 Å². The van der Waals surface area contributed by atoms with E-state index in [2.05, 4.69) is 0 Å². The number of fused-ring (bicyclic) bond motifs is 1. The van der Waals surface area contributed by atoms with Crippen LogP contribution in [0.5, 0.6) is 5.75 Å². The molecule has 0 amide bonds. The number of phenols is 1. The van der Waals surface area contributed by atoms with E-state index in [0.717, 1.165) is 22.1 Å². The summed E-state index contributed by atoms with van der Waals surface area (Å²) in [5.41, 5.74) is 3.25. The summed E-state index contributed by atoms with van der Waals surface area (Å²) in [5, 5.41) is 10.8. The first kappa shape index (κ1) is 14.3. The summed E-state index contributed by atoms with van der Waals surface area (Å²) in [6.45, 7) is 0.450. The molecule has 0 aliphatic heterocycles. The number of phenolic OH excluding ortho intramolecular Hbond substituents is 1. The van der Waals surface area contributed by atoms with Crippen LogP contribution in [-0.2, 0) is 6.54 Å². The second-order valence-electron chi connectivity index (χ2n) is 5.68. The van der Waals surface area contributed by atoms with Crippen molar-refractivity contribution in [1.29, 1.82) is 0 Å². The molecule has 0 bridgehead atoms. The fraction of sp³-hybridized carbons (Fsp3) is 0.0500. The van der Waals surface area contributed by atoms with Crippen LogP contribution in [0.4, 0.5) is 0 Å². The lowest BCUT2D eigenvalue weighted by atomic mass is 10.0. The van der Waals surface area contributed by atoms with Gasteiger partial charge in [-0.05, 0) is 29.3 Å². The maximum Gasteiger partial charge on any atom is 0.251 e. The summed E-state index contributed by atoms with van der Waals surface area (Å²) in [7, 11) is 0. The zero-order valence-corrected chi connectivity index (χ0v) is 12.8. The lowest BCUT2D eigenvalue weighted by molar-refractivity contribution is 0.476. The highest BCUT2D eigenvalue weighted by Crippen LogP contribution is 2.29. The van der Waals surface area contributed by atoms with Gasteiger partial charge in [-0.1, -0.05) is 30.3 Å². The topological polar surface area (TPSA) is 55.4 Å². The highest BCUT2D eigenvalue weighted by Gasteiger charge is 2.12. The van der Waals surface area contributed by atoms with Crippen molar-refractivity contribution in [3.8, 4) is 16.9 Å². The first-order valence-electron chi connectivity index (χ1n) is 7.65. The van der Waals surface area contributed by atoms with Gasteiger partial charge in [-0.15, -0.1) is 0 Å². The molecule has 0 aliphatic carbocycles. The summed E-state index contributed by atoms with van der Waals surface area (Å²) in [5.74, 6) is 0.132. The largest absolute Gasteiger partial charge is 0.508 e. The number of furan rings is 1. The Bertz CT molecular complexity index is 1050. The molecular weight excluding hydrogens is 302 g/mol. The number of aromatic nitrogens is 1. The average Bonchev–Trinajstić information content (AvgIpc) is 3.12. The van der Waals surface area contributed by atoms with Gasteiger partial charge in [-0.2, -0.15) is 0 Å². The lowest BCUT2D eigenvalue weighted by Crippen LogP contribution is -2.20. The molecule has 0 saturated carbocycles. The first-order chi connectivity index (χ1) is 11.7. The van der Waals surface area contributed by atoms with Crippen molar-refractivity contribution in [1.82, 2.24) is 4.57 Å². The number of nitrogens with zero attached hydrogens (tertiary/aromatic N) is 1. The SMILES string of the molecule is O=c1cc(-c2ccoc2)c2ccc(O)cc2n1Cc1ccccc1. The van der Waals surface area contributed by atoms with Crippen LogP contribution < -0.4 is 5.56 Å². The summed E-state index contributed by atoms with van der Waals surface area (Å²) in [6.07, 6.45) is 3.19. The highest BCUT2D eigenvalue weighted by molar-refractivity contribution is 5.95. The predicted octanol–water partition coefficient (Wildman–Crippen LogP) is 4.02. The molecule has 4 heteroatoms. The number of rotatable bonds is 3. The molecule has 0 fully saturated rings. The van der Waals surface area contributed by atoms with Gasteiger partial charge in [0.15, 0.2) is 0 Å². The number of benzene rings is 2. The van der Waals surface area contributed by atoms with E-state index in [1.54, 1.807) is 35.3 Å². The fourth-order valence-corrected chi connectivity index (χ4v) is 2.95. The van der Waals surface area contributed by atoms with Gasteiger partial charge in [0.1, 0.15) is 5.75 Å². The third kappa shape index (κ3) is 2.48. The lowest BCUT2D eigenvalue weighted by Gasteiger charge is -2.13. The predicted molar refractivity (Wildman–Crippen MR) is 93.1 cm³/mol. The van der Waals surface area contributed by atoms with E-state index < -0.39 is 0 Å². The molecule has 0 saturated heterocycles. The molecule has 4 aromatic rings. The zero-order chi connectivity index (χ0) is 16.5. The van der Waals surface area contributed by atoms with Crippen molar-refractivity contribution in [2.75, 3.05) is 0 Å². The van der Waals surface area contributed by atoms with Gasteiger partial charge >= 0.3 is 0 Å². The van der Waals surface area contributed by atoms with Gasteiger partial charge in [0.2, 0.25) is 0 Å². The number of aromatic hydroxyl groups is 1. The third-order valence-corrected chi connectivity index (χ3v) is 4.11. The Morgan fingerprint density at radius 2 is 1.83 bits per heavy atom. The monoisotopic (exact) mass is 317 g/mol. The minimum absolute atomic E-state index is 0.117. The van der Waals surface area contributed by atoms with Gasteiger partial charge in [0, 0.05) is 23.1 Å².